The molecule has 0 saturated carbocycles. The minimum absolute atomic E-state index is 0.618. The molecule has 2 heteroatoms. The lowest BCUT2D eigenvalue weighted by atomic mass is 9.68. The van der Waals surface area contributed by atoms with E-state index in [1.54, 1.807) is 0 Å². The Kier molecular flexibility index (Phi) is 17.1. The quantitative estimate of drug-likeness (QED) is 0.0944. The van der Waals surface area contributed by atoms with E-state index in [0.29, 0.717) is 0 Å². The summed E-state index contributed by atoms with van der Waals surface area (Å²) in [6.07, 6.45) is 0. The molecule has 0 fully saturated rings. The molecular weight excluding hydrogens is 1490 g/mol. The number of anilines is 6. The Morgan fingerprint density at radius 1 is 0.153 bits per heavy atom. The predicted molar refractivity (Wildman–Crippen MR) is 523 cm³/mol. The molecule has 2 aliphatic carbocycles. The zero-order valence-corrected chi connectivity index (χ0v) is 68.1. The summed E-state index contributed by atoms with van der Waals surface area (Å²) in [6.45, 7) is 0. The number of hydrogen-bond donors (Lipinski definition) is 0. The second-order valence-corrected chi connectivity index (χ2v) is 33.1. The standard InChI is InChI=1S/C122H80N2/c1-6-34-81(35-7-1)87-38-30-48-96(80-87)124(114-65-33-63-112-118(114)108-58-27-29-61-110(108)122(112,93-44-12-4-13-45-93)94-46-14-5-15-47-94)120-106-56-25-21-52-101(106)99-50-19-23-54-104(99)116(120)102-59-31-39-89-78-88(74-77-97(89)102)85-68-66-83(67-69-85)84-72-75-95(76-73-84)123(119-105-55-24-20-51-100(105)98-49-18-22-53-103(98)115(119)90-71-70-82-36-16-17-37-86(82)79-90)113-64-32-62-111-117(113)107-57-26-28-60-109(107)121(111,91-40-8-2-9-41-91)92-42-10-3-11-43-92/h1-80H. The number of nitrogens with zero attached hydrogens (tertiary/aromatic N) is 2. The van der Waals surface area contributed by atoms with Crippen molar-refractivity contribution in [1.29, 1.82) is 0 Å². The van der Waals surface area contributed by atoms with Crippen LogP contribution in [-0.2, 0) is 10.8 Å². The Balaban J connectivity index is 0.661. The van der Waals surface area contributed by atoms with E-state index >= 15 is 0 Å². The van der Waals surface area contributed by atoms with Gasteiger partial charge in [0, 0.05) is 44.4 Å². The van der Waals surface area contributed by atoms with E-state index in [0.717, 1.165) is 89.4 Å². The van der Waals surface area contributed by atoms with Gasteiger partial charge < -0.3 is 9.80 Å². The van der Waals surface area contributed by atoms with Crippen molar-refractivity contribution in [1.82, 2.24) is 0 Å². The molecule has 0 N–H and O–H groups in total. The molecule has 22 aromatic carbocycles. The van der Waals surface area contributed by atoms with Crippen molar-refractivity contribution < 1.29 is 0 Å². The van der Waals surface area contributed by atoms with E-state index in [1.165, 1.54) is 132 Å². The molecule has 0 spiro atoms. The largest absolute Gasteiger partial charge is 0.309 e. The molecule has 22 aromatic rings. The molecule has 0 heterocycles. The lowest BCUT2D eigenvalue weighted by Gasteiger charge is -2.35. The number of hydrogen-bond acceptors (Lipinski definition) is 2. The summed E-state index contributed by atoms with van der Waals surface area (Å²) >= 11 is 0. The molecule has 124 heavy (non-hydrogen) atoms. The van der Waals surface area contributed by atoms with Crippen LogP contribution in [0.5, 0.6) is 0 Å². The highest BCUT2D eigenvalue weighted by molar-refractivity contribution is 6.26. The zero-order valence-electron chi connectivity index (χ0n) is 68.1. The second-order valence-electron chi connectivity index (χ2n) is 33.1. The smallest absolute Gasteiger partial charge is 0.0714 e. The molecular formula is C122H80N2. The number of fused-ring (bicyclic) bond motifs is 14. The third-order valence-corrected chi connectivity index (χ3v) is 26.7. The van der Waals surface area contributed by atoms with Crippen LogP contribution in [0.2, 0.25) is 0 Å². The lowest BCUT2D eigenvalue weighted by molar-refractivity contribution is 0.768. The van der Waals surface area contributed by atoms with Gasteiger partial charge in [0.2, 0.25) is 0 Å². The van der Waals surface area contributed by atoms with Crippen LogP contribution in [0.25, 0.3) is 143 Å². The van der Waals surface area contributed by atoms with Crippen molar-refractivity contribution >= 4 is 98.8 Å². The maximum atomic E-state index is 2.63. The molecule has 0 aliphatic heterocycles. The first-order valence-corrected chi connectivity index (χ1v) is 43.1. The minimum atomic E-state index is -0.625. The average Bonchev–Trinajstić information content (AvgIpc) is 1.50. The van der Waals surface area contributed by atoms with Gasteiger partial charge in [0.25, 0.3) is 0 Å². The second kappa shape index (κ2) is 29.5. The van der Waals surface area contributed by atoms with E-state index in [4.69, 9.17) is 0 Å². The molecule has 578 valence electrons. The molecule has 0 amide bonds. The van der Waals surface area contributed by atoms with Gasteiger partial charge in [-0.2, -0.15) is 0 Å². The van der Waals surface area contributed by atoms with E-state index < -0.39 is 10.8 Å². The highest BCUT2D eigenvalue weighted by atomic mass is 15.2. The summed E-state index contributed by atoms with van der Waals surface area (Å²) in [6, 6.07) is 182. The summed E-state index contributed by atoms with van der Waals surface area (Å²) < 4.78 is 0. The molecule has 0 atom stereocenters. The first-order valence-electron chi connectivity index (χ1n) is 43.1. The topological polar surface area (TPSA) is 6.48 Å². The third-order valence-electron chi connectivity index (χ3n) is 26.7. The van der Waals surface area contributed by atoms with Crippen molar-refractivity contribution in [2.45, 2.75) is 10.8 Å². The van der Waals surface area contributed by atoms with Gasteiger partial charge in [0.05, 0.1) is 33.6 Å². The average molecular weight is 1570 g/mol. The van der Waals surface area contributed by atoms with Crippen molar-refractivity contribution in [3.05, 3.63) is 530 Å². The minimum Gasteiger partial charge on any atom is -0.309 e. The monoisotopic (exact) mass is 1570 g/mol. The third kappa shape index (κ3) is 11.2. The zero-order chi connectivity index (χ0) is 81.8. The Morgan fingerprint density at radius 2 is 0.484 bits per heavy atom. The number of rotatable bonds is 15. The van der Waals surface area contributed by atoms with E-state index in [2.05, 4.69) is 495 Å². The molecule has 0 aromatic heterocycles. The van der Waals surface area contributed by atoms with Gasteiger partial charge in [-0.05, 0) is 203 Å². The first-order chi connectivity index (χ1) is 61.6. The van der Waals surface area contributed by atoms with Crippen LogP contribution in [0.4, 0.5) is 34.1 Å². The summed E-state index contributed by atoms with van der Waals surface area (Å²) in [5.41, 5.74) is 31.6. The Hall–Kier alpha value is -16.0. The van der Waals surface area contributed by atoms with Gasteiger partial charge in [0.1, 0.15) is 0 Å². The van der Waals surface area contributed by atoms with Crippen LogP contribution in [0.3, 0.4) is 0 Å². The van der Waals surface area contributed by atoms with Crippen molar-refractivity contribution in [2.24, 2.45) is 0 Å². The van der Waals surface area contributed by atoms with Crippen LogP contribution >= 0.6 is 0 Å². The van der Waals surface area contributed by atoms with E-state index in [1.807, 2.05) is 0 Å². The molecule has 0 radical (unpaired) electrons. The summed E-state index contributed by atoms with van der Waals surface area (Å²) in [4.78, 5) is 5.24. The van der Waals surface area contributed by atoms with Crippen LogP contribution in [0.1, 0.15) is 44.5 Å². The van der Waals surface area contributed by atoms with Gasteiger partial charge in [-0.25, -0.2) is 0 Å². The summed E-state index contributed by atoms with van der Waals surface area (Å²) in [5.74, 6) is 0. The lowest BCUT2D eigenvalue weighted by Crippen LogP contribution is -2.28. The van der Waals surface area contributed by atoms with Crippen molar-refractivity contribution in [3.8, 4) is 77.9 Å². The SMILES string of the molecule is c1ccc(-c2cccc(N(c3cccc4c3-c3ccccc3C4(c3ccccc3)c3ccccc3)c3c(-c4cccc5cc(-c6ccc(-c7ccc(N(c8cccc9c8-c8ccccc8C9(c8ccccc8)c8ccccc8)c8c(-c9ccc%10ccccc%10c9)c9ccccc9c9ccccc89)cc7)cc6)ccc45)c4ccccc4c4ccccc34)c2)cc1. The van der Waals surface area contributed by atoms with Crippen LogP contribution in [0.15, 0.2) is 485 Å². The molecule has 0 unspecified atom stereocenters. The normalized spacial score (nSPS) is 12.8. The van der Waals surface area contributed by atoms with E-state index in [9.17, 15) is 0 Å². The van der Waals surface area contributed by atoms with Gasteiger partial charge >= 0.3 is 0 Å². The maximum Gasteiger partial charge on any atom is 0.0714 e. The van der Waals surface area contributed by atoms with Crippen molar-refractivity contribution in [2.75, 3.05) is 9.80 Å². The Bertz CT molecular complexity index is 7880. The fourth-order valence-corrected chi connectivity index (χ4v) is 21.5. The highest BCUT2D eigenvalue weighted by Gasteiger charge is 2.50. The van der Waals surface area contributed by atoms with Gasteiger partial charge in [-0.3, -0.25) is 0 Å². The molecule has 0 saturated heterocycles. The van der Waals surface area contributed by atoms with Crippen molar-refractivity contribution in [3.63, 3.8) is 0 Å². The fourth-order valence-electron chi connectivity index (χ4n) is 21.5. The van der Waals surface area contributed by atoms with Gasteiger partial charge in [0.15, 0.2) is 0 Å². The number of benzene rings is 22. The highest BCUT2D eigenvalue weighted by Crippen LogP contribution is 2.64. The summed E-state index contributed by atoms with van der Waals surface area (Å²) in [7, 11) is 0. The Labute approximate surface area is 722 Å². The van der Waals surface area contributed by atoms with Gasteiger partial charge in [-0.1, -0.05) is 437 Å². The Morgan fingerprint density at radius 3 is 1.02 bits per heavy atom. The molecule has 2 nitrogen and oxygen atoms in total. The van der Waals surface area contributed by atoms with Gasteiger partial charge in [-0.15, -0.1) is 0 Å². The summed E-state index contributed by atoms with van der Waals surface area (Å²) in [5, 5.41) is 14.3. The first kappa shape index (κ1) is 72.1. The molecule has 0 bridgehead atoms. The molecule has 24 rings (SSSR count). The predicted octanol–water partition coefficient (Wildman–Crippen LogP) is 32.6. The van der Waals surface area contributed by atoms with E-state index in [-0.39, 0.29) is 0 Å². The molecule has 2 aliphatic rings. The fraction of sp³-hybridized carbons (Fsp3) is 0.0164. The van der Waals surface area contributed by atoms with Crippen LogP contribution in [0, 0.1) is 0 Å². The van der Waals surface area contributed by atoms with Crippen LogP contribution in [-0.4, -0.2) is 0 Å². The maximum absolute atomic E-state index is 2.63. The van der Waals surface area contributed by atoms with Crippen LogP contribution < -0.4 is 9.80 Å².